The number of carbonyl (C=O) groups is 1. The number of piperazine rings is 1. The maximum Gasteiger partial charge on any atom is 0.253 e. The van der Waals surface area contributed by atoms with Crippen LogP contribution in [0.15, 0.2) is 28.7 Å². The molecule has 1 atom stereocenters. The fourth-order valence-corrected chi connectivity index (χ4v) is 6.17. The summed E-state index contributed by atoms with van der Waals surface area (Å²) >= 11 is 3.54. The molecule has 9 heteroatoms. The fraction of sp³-hybridized carbons (Fsp3) is 0.500. The Labute approximate surface area is 179 Å². The topological polar surface area (TPSA) is 75.5 Å². The molecule has 0 bridgehead atoms. The molecule has 2 aliphatic rings. The first-order valence-electron chi connectivity index (χ1n) is 9.81. The predicted octanol–water partition coefficient (Wildman–Crippen LogP) is 2.20. The molecule has 2 aliphatic heterocycles. The summed E-state index contributed by atoms with van der Waals surface area (Å²) in [5.41, 5.74) is 3.52. The Kier molecular flexibility index (Phi) is 5.56. The Morgan fingerprint density at radius 3 is 2.28 bits per heavy atom. The lowest BCUT2D eigenvalue weighted by Gasteiger charge is -2.37. The van der Waals surface area contributed by atoms with Crippen molar-refractivity contribution in [2.75, 3.05) is 37.7 Å². The Hall–Kier alpha value is -1.71. The molecule has 1 aromatic heterocycles. The number of benzene rings is 1. The van der Waals surface area contributed by atoms with Gasteiger partial charge < -0.3 is 4.90 Å². The van der Waals surface area contributed by atoms with Crippen molar-refractivity contribution in [3.8, 4) is 5.69 Å². The van der Waals surface area contributed by atoms with Crippen LogP contribution in [0.25, 0.3) is 5.69 Å². The molecular formula is C20H25BrN4O3S. The molecule has 1 unspecified atom stereocenters. The largest absolute Gasteiger partial charge is 0.336 e. The maximum atomic E-state index is 12.9. The normalized spacial score (nSPS) is 22.2. The van der Waals surface area contributed by atoms with E-state index in [-0.39, 0.29) is 23.5 Å². The first-order valence-corrected chi connectivity index (χ1v) is 12.4. The van der Waals surface area contributed by atoms with Gasteiger partial charge in [0, 0.05) is 37.8 Å². The highest BCUT2D eigenvalue weighted by atomic mass is 79.9. The number of hydrogen-bond donors (Lipinski definition) is 0. The smallest absolute Gasteiger partial charge is 0.253 e. The summed E-state index contributed by atoms with van der Waals surface area (Å²) in [5, 5.41) is 4.53. The number of amides is 1. The summed E-state index contributed by atoms with van der Waals surface area (Å²) in [7, 11) is -2.88. The van der Waals surface area contributed by atoms with Crippen molar-refractivity contribution < 1.29 is 13.2 Å². The van der Waals surface area contributed by atoms with Crippen molar-refractivity contribution in [1.29, 1.82) is 0 Å². The van der Waals surface area contributed by atoms with Gasteiger partial charge in [0.25, 0.3) is 5.91 Å². The SMILES string of the molecule is Cc1nn(-c2ccc(C(=O)N3CCN(C4CCS(=O)(=O)C4)CC3)cc2)c(C)c1Br. The molecule has 2 aromatic rings. The van der Waals surface area contributed by atoms with Gasteiger partial charge in [-0.25, -0.2) is 13.1 Å². The van der Waals surface area contributed by atoms with Crippen molar-refractivity contribution in [3.05, 3.63) is 45.7 Å². The molecule has 0 spiro atoms. The minimum Gasteiger partial charge on any atom is -0.336 e. The third kappa shape index (κ3) is 4.13. The van der Waals surface area contributed by atoms with Gasteiger partial charge >= 0.3 is 0 Å². The second-order valence-electron chi connectivity index (χ2n) is 7.83. The number of rotatable bonds is 3. The van der Waals surface area contributed by atoms with Gasteiger partial charge in [-0.3, -0.25) is 9.69 Å². The van der Waals surface area contributed by atoms with Crippen LogP contribution in [0.1, 0.15) is 28.2 Å². The predicted molar refractivity (Wildman–Crippen MR) is 115 cm³/mol. The van der Waals surface area contributed by atoms with Crippen LogP contribution >= 0.6 is 15.9 Å². The number of carbonyl (C=O) groups excluding carboxylic acids is 1. The molecule has 7 nitrogen and oxygen atoms in total. The molecule has 1 amide bonds. The van der Waals surface area contributed by atoms with Crippen molar-refractivity contribution in [3.63, 3.8) is 0 Å². The van der Waals surface area contributed by atoms with Gasteiger partial charge in [-0.2, -0.15) is 5.10 Å². The molecule has 0 saturated carbocycles. The summed E-state index contributed by atoms with van der Waals surface area (Å²) in [5.74, 6) is 0.560. The quantitative estimate of drug-likeness (QED) is 0.672. The molecule has 29 heavy (non-hydrogen) atoms. The van der Waals surface area contributed by atoms with Crippen LogP contribution in [0.2, 0.25) is 0 Å². The van der Waals surface area contributed by atoms with E-state index in [0.29, 0.717) is 25.1 Å². The van der Waals surface area contributed by atoms with Crippen molar-refractivity contribution in [1.82, 2.24) is 19.6 Å². The molecular weight excluding hydrogens is 456 g/mol. The first kappa shape index (κ1) is 20.6. The summed E-state index contributed by atoms with van der Waals surface area (Å²) < 4.78 is 26.3. The Balaban J connectivity index is 1.40. The molecule has 4 rings (SSSR count). The van der Waals surface area contributed by atoms with Gasteiger partial charge in [0.05, 0.1) is 33.1 Å². The van der Waals surface area contributed by atoms with E-state index in [1.54, 1.807) is 0 Å². The van der Waals surface area contributed by atoms with Crippen LogP contribution in [0.3, 0.4) is 0 Å². The summed E-state index contributed by atoms with van der Waals surface area (Å²) in [6.45, 7) is 6.65. The summed E-state index contributed by atoms with van der Waals surface area (Å²) in [6, 6.07) is 7.63. The standard InChI is InChI=1S/C20H25BrN4O3S/c1-14-19(21)15(2)25(22-14)17-5-3-16(4-6-17)20(26)24-10-8-23(9-11-24)18-7-12-29(27,28)13-18/h3-6,18H,7-13H2,1-2H3. The highest BCUT2D eigenvalue weighted by Gasteiger charge is 2.34. The van der Waals surface area contributed by atoms with E-state index in [2.05, 4.69) is 25.9 Å². The third-order valence-electron chi connectivity index (χ3n) is 5.89. The lowest BCUT2D eigenvalue weighted by molar-refractivity contribution is 0.0588. The van der Waals surface area contributed by atoms with Crippen molar-refractivity contribution in [2.45, 2.75) is 26.3 Å². The monoisotopic (exact) mass is 480 g/mol. The fourth-order valence-electron chi connectivity index (χ4n) is 4.16. The van der Waals surface area contributed by atoms with Crippen LogP contribution in [-0.4, -0.2) is 77.6 Å². The minimum absolute atomic E-state index is 0.0183. The maximum absolute atomic E-state index is 12.9. The van der Waals surface area contributed by atoms with E-state index in [9.17, 15) is 13.2 Å². The number of aryl methyl sites for hydroxylation is 1. The van der Waals surface area contributed by atoms with Crippen molar-refractivity contribution in [2.24, 2.45) is 0 Å². The molecule has 156 valence electrons. The number of halogens is 1. The van der Waals surface area contributed by atoms with E-state index < -0.39 is 9.84 Å². The van der Waals surface area contributed by atoms with Crippen LogP contribution in [0, 0.1) is 13.8 Å². The van der Waals surface area contributed by atoms with Crippen LogP contribution in [0.4, 0.5) is 0 Å². The highest BCUT2D eigenvalue weighted by molar-refractivity contribution is 9.10. The minimum atomic E-state index is -2.88. The second kappa shape index (κ2) is 7.85. The van der Waals surface area contributed by atoms with Crippen LogP contribution in [-0.2, 0) is 9.84 Å². The van der Waals surface area contributed by atoms with Gasteiger partial charge in [0.1, 0.15) is 0 Å². The van der Waals surface area contributed by atoms with E-state index in [4.69, 9.17) is 0 Å². The Morgan fingerprint density at radius 1 is 1.10 bits per heavy atom. The lowest BCUT2D eigenvalue weighted by Crippen LogP contribution is -2.52. The number of sulfone groups is 1. The second-order valence-corrected chi connectivity index (χ2v) is 10.9. The van der Waals surface area contributed by atoms with Crippen LogP contribution in [0.5, 0.6) is 0 Å². The van der Waals surface area contributed by atoms with E-state index in [0.717, 1.165) is 34.6 Å². The molecule has 0 N–H and O–H groups in total. The van der Waals surface area contributed by atoms with Gasteiger partial charge in [0.2, 0.25) is 0 Å². The van der Waals surface area contributed by atoms with Crippen LogP contribution < -0.4 is 0 Å². The molecule has 2 fully saturated rings. The molecule has 2 saturated heterocycles. The number of nitrogens with zero attached hydrogens (tertiary/aromatic N) is 4. The van der Waals surface area contributed by atoms with E-state index >= 15 is 0 Å². The molecule has 0 aliphatic carbocycles. The van der Waals surface area contributed by atoms with E-state index in [1.807, 2.05) is 47.7 Å². The number of aromatic nitrogens is 2. The third-order valence-corrected chi connectivity index (χ3v) is 8.79. The van der Waals surface area contributed by atoms with Crippen molar-refractivity contribution >= 4 is 31.7 Å². The van der Waals surface area contributed by atoms with Gasteiger partial charge in [0.15, 0.2) is 9.84 Å². The average Bonchev–Trinajstić information content (AvgIpc) is 3.21. The summed E-state index contributed by atoms with van der Waals surface area (Å²) in [6.07, 6.45) is 0.709. The van der Waals surface area contributed by atoms with Gasteiger partial charge in [-0.1, -0.05) is 0 Å². The first-order chi connectivity index (χ1) is 13.7. The molecule has 0 radical (unpaired) electrons. The Bertz CT molecular complexity index is 1020. The zero-order chi connectivity index (χ0) is 20.8. The number of hydrogen-bond acceptors (Lipinski definition) is 5. The highest BCUT2D eigenvalue weighted by Crippen LogP contribution is 2.24. The van der Waals surface area contributed by atoms with E-state index in [1.165, 1.54) is 0 Å². The zero-order valence-electron chi connectivity index (χ0n) is 16.6. The molecule has 1 aromatic carbocycles. The average molecular weight is 481 g/mol. The molecule has 3 heterocycles. The summed E-state index contributed by atoms with van der Waals surface area (Å²) in [4.78, 5) is 17.0. The van der Waals surface area contributed by atoms with Gasteiger partial charge in [-0.15, -0.1) is 0 Å². The Morgan fingerprint density at radius 2 is 1.76 bits per heavy atom. The van der Waals surface area contributed by atoms with Gasteiger partial charge in [-0.05, 0) is 60.5 Å². The zero-order valence-corrected chi connectivity index (χ0v) is 19.0. The lowest BCUT2D eigenvalue weighted by atomic mass is 10.1.